The molecule has 4 fully saturated rings. The lowest BCUT2D eigenvalue weighted by atomic mass is 9.86. The van der Waals surface area contributed by atoms with Gasteiger partial charge in [0.15, 0.2) is 0 Å². The molecular formula is C50H67ClN10O4. The number of aromatic amines is 1. The van der Waals surface area contributed by atoms with Crippen LogP contribution < -0.4 is 20.4 Å². The van der Waals surface area contributed by atoms with Crippen LogP contribution in [0.2, 0.25) is 5.02 Å². The van der Waals surface area contributed by atoms with Gasteiger partial charge in [-0.3, -0.25) is 19.2 Å². The molecular weight excluding hydrogens is 840 g/mol. The summed E-state index contributed by atoms with van der Waals surface area (Å²) in [5.74, 6) is 3.38. The van der Waals surface area contributed by atoms with Crippen LogP contribution in [0.1, 0.15) is 115 Å². The summed E-state index contributed by atoms with van der Waals surface area (Å²) in [6.45, 7) is 7.12. The van der Waals surface area contributed by atoms with Crippen LogP contribution in [0, 0.1) is 11.8 Å². The Bertz CT molecular complexity index is 2090. The zero-order valence-corrected chi connectivity index (χ0v) is 38.7. The van der Waals surface area contributed by atoms with Gasteiger partial charge in [0, 0.05) is 114 Å². The van der Waals surface area contributed by atoms with Gasteiger partial charge in [-0.25, -0.2) is 15.0 Å². The molecule has 2 aliphatic carbocycles. The van der Waals surface area contributed by atoms with E-state index in [1.54, 1.807) is 24.9 Å². The number of aromatic nitrogens is 4. The monoisotopic (exact) mass is 907 g/mol. The smallest absolute Gasteiger partial charge is 0.252 e. The minimum absolute atomic E-state index is 0.128. The van der Waals surface area contributed by atoms with E-state index in [0.717, 1.165) is 94.0 Å². The fourth-order valence-electron chi connectivity index (χ4n) is 9.46. The lowest BCUT2D eigenvalue weighted by Crippen LogP contribution is -2.49. The van der Waals surface area contributed by atoms with E-state index in [0.29, 0.717) is 66.2 Å². The van der Waals surface area contributed by atoms with Crippen molar-refractivity contribution in [1.82, 2.24) is 40.4 Å². The van der Waals surface area contributed by atoms with Crippen LogP contribution in [-0.4, -0.2) is 119 Å². The van der Waals surface area contributed by atoms with Crippen molar-refractivity contribution < 1.29 is 19.2 Å². The van der Waals surface area contributed by atoms with E-state index in [2.05, 4.69) is 40.4 Å². The Morgan fingerprint density at radius 1 is 0.631 bits per heavy atom. The molecule has 65 heavy (non-hydrogen) atoms. The summed E-state index contributed by atoms with van der Waals surface area (Å²) in [5.41, 5.74) is 3.18. The summed E-state index contributed by atoms with van der Waals surface area (Å²) in [6.07, 6.45) is 23.4. The summed E-state index contributed by atoms with van der Waals surface area (Å²) in [7, 11) is 0. The first-order valence-electron chi connectivity index (χ1n) is 24.0. The largest absolute Gasteiger partial charge is 0.353 e. The summed E-state index contributed by atoms with van der Waals surface area (Å²) < 4.78 is 0. The van der Waals surface area contributed by atoms with E-state index in [1.165, 1.54) is 64.2 Å². The zero-order valence-electron chi connectivity index (χ0n) is 37.9. The van der Waals surface area contributed by atoms with Crippen LogP contribution in [0.3, 0.4) is 0 Å². The molecule has 14 nitrogen and oxygen atoms in total. The van der Waals surface area contributed by atoms with Crippen LogP contribution in [-0.2, 0) is 22.4 Å². The van der Waals surface area contributed by atoms with Gasteiger partial charge in [0.2, 0.25) is 11.8 Å². The molecule has 5 heterocycles. The first kappa shape index (κ1) is 47.5. The van der Waals surface area contributed by atoms with Gasteiger partial charge in [0.25, 0.3) is 11.8 Å². The average molecular weight is 908 g/mol. The number of nitrogens with zero attached hydrogens (tertiary/aromatic N) is 7. The number of H-pyrrole nitrogens is 1. The van der Waals surface area contributed by atoms with Crippen molar-refractivity contribution in [3.63, 3.8) is 0 Å². The lowest BCUT2D eigenvalue weighted by molar-refractivity contribution is -0.133. The number of hydrogen-bond donors (Lipinski definition) is 3. The molecule has 0 bridgehead atoms. The molecule has 0 atom stereocenters. The Morgan fingerprint density at radius 2 is 1.18 bits per heavy atom. The number of piperazine rings is 2. The number of carbonyl (C=O) groups excluding carboxylic acids is 4. The Labute approximate surface area is 389 Å². The van der Waals surface area contributed by atoms with E-state index >= 15 is 0 Å². The number of rotatable bonds is 15. The SMILES string of the molecule is O=C(NCCc1cccc(Cl)c1)c1ccc(N2CCN(C(=O)CCC3CCCCC3)CC2)nc1.O=C(NCCc1cnc[nH]1)c1ccc(N2CCN(C(=O)CC3CCCCC3)CC2)nc1. The van der Waals surface area contributed by atoms with Crippen molar-refractivity contribution >= 4 is 46.9 Å². The molecule has 1 aromatic carbocycles. The standard InChI is InChI=1S/C27H35ClN4O2.C23H32N6O2/c28-24-8-4-7-22(19-24)13-14-29-27(34)23-10-11-25(30-20-23)31-15-17-32(18-16-31)26(33)12-9-21-5-2-1-3-6-21;30-22(14-18-4-2-1-3-5-18)29-12-10-28(11-13-29)21-7-6-19(15-26-21)23(31)25-9-8-20-16-24-17-27-20/h4,7-8,10-11,19-21H,1-3,5-6,9,12-18H2,(H,29,34);6-7,15-18H,1-5,8-14H2,(H,24,27)(H,25,31). The van der Waals surface area contributed by atoms with E-state index in [9.17, 15) is 19.2 Å². The molecule has 0 spiro atoms. The van der Waals surface area contributed by atoms with Gasteiger partial charge in [-0.1, -0.05) is 75.1 Å². The molecule has 0 radical (unpaired) electrons. The van der Waals surface area contributed by atoms with Gasteiger partial charge in [-0.15, -0.1) is 0 Å². The molecule has 4 amide bonds. The number of carbonyl (C=O) groups is 4. The van der Waals surface area contributed by atoms with Crippen LogP contribution in [0.4, 0.5) is 11.6 Å². The highest BCUT2D eigenvalue weighted by molar-refractivity contribution is 6.30. The summed E-state index contributed by atoms with van der Waals surface area (Å²) in [4.78, 5) is 74.4. The maximum Gasteiger partial charge on any atom is 0.252 e. The predicted molar refractivity (Wildman–Crippen MR) is 255 cm³/mol. The van der Waals surface area contributed by atoms with Crippen molar-refractivity contribution in [2.45, 2.75) is 96.3 Å². The quantitative estimate of drug-likeness (QED) is 0.113. The van der Waals surface area contributed by atoms with Crippen LogP contribution in [0.25, 0.3) is 0 Å². The number of halogens is 1. The van der Waals surface area contributed by atoms with Gasteiger partial charge in [0.1, 0.15) is 11.6 Å². The molecule has 3 aromatic heterocycles. The van der Waals surface area contributed by atoms with Crippen molar-refractivity contribution in [2.75, 3.05) is 75.2 Å². The molecule has 15 heteroatoms. The third-order valence-electron chi connectivity index (χ3n) is 13.4. The van der Waals surface area contributed by atoms with Crippen LogP contribution in [0.5, 0.6) is 0 Å². The molecule has 348 valence electrons. The zero-order chi connectivity index (χ0) is 45.2. The first-order valence-corrected chi connectivity index (χ1v) is 24.4. The number of nitrogens with one attached hydrogen (secondary N) is 3. The molecule has 8 rings (SSSR count). The molecule has 3 N–H and O–H groups in total. The van der Waals surface area contributed by atoms with Crippen LogP contribution >= 0.6 is 11.6 Å². The van der Waals surface area contributed by atoms with Crippen molar-refractivity contribution in [1.29, 1.82) is 0 Å². The van der Waals surface area contributed by atoms with E-state index < -0.39 is 0 Å². The fourth-order valence-corrected chi connectivity index (χ4v) is 9.68. The molecule has 2 aliphatic heterocycles. The molecule has 4 aliphatic rings. The van der Waals surface area contributed by atoms with Gasteiger partial charge >= 0.3 is 0 Å². The number of hydrogen-bond acceptors (Lipinski definition) is 9. The summed E-state index contributed by atoms with van der Waals surface area (Å²) in [5, 5.41) is 6.55. The van der Waals surface area contributed by atoms with Crippen molar-refractivity contribution in [3.8, 4) is 0 Å². The second-order valence-electron chi connectivity index (χ2n) is 18.0. The number of amides is 4. The summed E-state index contributed by atoms with van der Waals surface area (Å²) >= 11 is 6.01. The van der Waals surface area contributed by atoms with Gasteiger partial charge in [0.05, 0.1) is 17.5 Å². The summed E-state index contributed by atoms with van der Waals surface area (Å²) in [6, 6.07) is 15.1. The van der Waals surface area contributed by atoms with Crippen molar-refractivity contribution in [2.24, 2.45) is 11.8 Å². The predicted octanol–water partition coefficient (Wildman–Crippen LogP) is 7.11. The Kier molecular flexibility index (Phi) is 18.0. The minimum Gasteiger partial charge on any atom is -0.353 e. The second-order valence-corrected chi connectivity index (χ2v) is 18.5. The molecule has 4 aromatic rings. The number of anilines is 2. The fraction of sp³-hybridized carbons (Fsp3) is 0.540. The third-order valence-corrected chi connectivity index (χ3v) is 13.7. The maximum absolute atomic E-state index is 12.6. The minimum atomic E-state index is -0.130. The highest BCUT2D eigenvalue weighted by atomic mass is 35.5. The Balaban J connectivity index is 0.000000195. The Morgan fingerprint density at radius 3 is 1.71 bits per heavy atom. The highest BCUT2D eigenvalue weighted by Crippen LogP contribution is 2.29. The maximum atomic E-state index is 12.6. The molecule has 2 saturated carbocycles. The first-order chi connectivity index (χ1) is 31.8. The van der Waals surface area contributed by atoms with E-state index in [4.69, 9.17) is 11.6 Å². The number of imidazole rings is 1. The topological polar surface area (TPSA) is 160 Å². The van der Waals surface area contributed by atoms with Crippen LogP contribution in [0.15, 0.2) is 73.4 Å². The Hall–Kier alpha value is -5.50. The lowest BCUT2D eigenvalue weighted by Gasteiger charge is -2.36. The second kappa shape index (κ2) is 24.7. The highest BCUT2D eigenvalue weighted by Gasteiger charge is 2.26. The van der Waals surface area contributed by atoms with Gasteiger partial charge < -0.3 is 35.2 Å². The van der Waals surface area contributed by atoms with Crippen molar-refractivity contribution in [3.05, 3.63) is 101 Å². The van der Waals surface area contributed by atoms with Gasteiger partial charge in [-0.05, 0) is 79.5 Å². The molecule has 2 saturated heterocycles. The normalized spacial score (nSPS) is 17.2. The van der Waals surface area contributed by atoms with E-state index in [-0.39, 0.29) is 11.8 Å². The average Bonchev–Trinajstić information content (AvgIpc) is 3.88. The number of pyridine rings is 2. The van der Waals surface area contributed by atoms with Gasteiger partial charge in [-0.2, -0.15) is 0 Å². The van der Waals surface area contributed by atoms with E-state index in [1.807, 2.05) is 58.3 Å². The third kappa shape index (κ3) is 14.8. The molecule has 0 unspecified atom stereocenters. The number of benzene rings is 1.